The van der Waals surface area contributed by atoms with Gasteiger partial charge in [0.2, 0.25) is 5.13 Å². The van der Waals surface area contributed by atoms with Crippen LogP contribution in [-0.4, -0.2) is 22.5 Å². The van der Waals surface area contributed by atoms with Gasteiger partial charge in [0.15, 0.2) is 5.82 Å². The Balaban J connectivity index is 1.81. The number of ether oxygens (including phenoxy) is 1. The van der Waals surface area contributed by atoms with Gasteiger partial charge in [-0.2, -0.15) is 17.5 Å². The summed E-state index contributed by atoms with van der Waals surface area (Å²) in [5, 5.41) is 3.90. The molecule has 1 aromatic carbocycles. The normalized spacial score (nSPS) is 21.2. The highest BCUT2D eigenvalue weighted by Crippen LogP contribution is 2.42. The zero-order valence-corrected chi connectivity index (χ0v) is 14.0. The Morgan fingerprint density at radius 2 is 2.08 bits per heavy atom. The maximum absolute atomic E-state index is 13.3. The molecule has 3 rings (SSSR count). The molecule has 0 bridgehead atoms. The number of aromatic nitrogens is 2. The van der Waals surface area contributed by atoms with Gasteiger partial charge in [0, 0.05) is 30.6 Å². The number of alkyl halides is 3. The molecule has 1 fully saturated rings. The van der Waals surface area contributed by atoms with E-state index in [1.807, 2.05) is 0 Å². The first-order valence-corrected chi connectivity index (χ1v) is 8.50. The lowest BCUT2D eigenvalue weighted by Gasteiger charge is -2.24. The highest BCUT2D eigenvalue weighted by molar-refractivity contribution is 7.09. The van der Waals surface area contributed by atoms with Gasteiger partial charge in [0.05, 0.1) is 5.56 Å². The third-order valence-electron chi connectivity index (χ3n) is 4.23. The van der Waals surface area contributed by atoms with E-state index < -0.39 is 11.7 Å². The van der Waals surface area contributed by atoms with Crippen LogP contribution >= 0.6 is 11.5 Å². The van der Waals surface area contributed by atoms with E-state index >= 15 is 0 Å². The van der Waals surface area contributed by atoms with Crippen molar-refractivity contribution in [3.8, 4) is 0 Å². The zero-order valence-electron chi connectivity index (χ0n) is 13.1. The molecule has 1 aliphatic rings. The molecule has 2 aromatic rings. The second-order valence-corrected chi connectivity index (χ2v) is 6.57. The quantitative estimate of drug-likeness (QED) is 0.859. The van der Waals surface area contributed by atoms with Crippen molar-refractivity contribution >= 4 is 16.7 Å². The van der Waals surface area contributed by atoms with E-state index in [4.69, 9.17) is 4.74 Å². The van der Waals surface area contributed by atoms with Gasteiger partial charge in [0.25, 0.3) is 0 Å². The summed E-state index contributed by atoms with van der Waals surface area (Å²) in [6.45, 7) is 0.323. The number of anilines is 1. The lowest BCUT2D eigenvalue weighted by Crippen LogP contribution is -2.24. The number of nitrogens with one attached hydrogen (secondary N) is 1. The third-order valence-corrected chi connectivity index (χ3v) is 4.92. The highest BCUT2D eigenvalue weighted by atomic mass is 32.1. The Morgan fingerprint density at radius 3 is 2.83 bits per heavy atom. The van der Waals surface area contributed by atoms with E-state index in [1.165, 1.54) is 17.6 Å². The molecule has 2 unspecified atom stereocenters. The Morgan fingerprint density at radius 1 is 1.29 bits per heavy atom. The summed E-state index contributed by atoms with van der Waals surface area (Å²) in [5.41, 5.74) is -0.178. The summed E-state index contributed by atoms with van der Waals surface area (Å²) in [5.74, 6) is 0.396. The number of nitrogens with zero attached hydrogens (tertiary/aromatic N) is 2. The van der Waals surface area contributed by atoms with Crippen LogP contribution < -0.4 is 5.32 Å². The molecule has 1 heterocycles. The molecule has 1 saturated carbocycles. The van der Waals surface area contributed by atoms with Crippen molar-refractivity contribution in [1.29, 1.82) is 0 Å². The standard InChI is InChI=1S/C16H18F3N3OS/c1-23-9-14-21-15(24-22-14)20-13-8-4-6-11(13)10-5-2-3-7-12(10)16(17,18)19/h2-3,5,7,11,13H,4,6,8-9H2,1H3,(H,20,21,22). The van der Waals surface area contributed by atoms with Gasteiger partial charge in [-0.1, -0.05) is 24.6 Å². The Labute approximate surface area is 142 Å². The molecule has 0 spiro atoms. The molecule has 1 aromatic heterocycles. The molecule has 2 atom stereocenters. The van der Waals surface area contributed by atoms with Gasteiger partial charge in [0.1, 0.15) is 6.61 Å². The van der Waals surface area contributed by atoms with Crippen molar-refractivity contribution in [1.82, 2.24) is 9.36 Å². The van der Waals surface area contributed by atoms with Crippen LogP contribution in [0, 0.1) is 0 Å². The van der Waals surface area contributed by atoms with Crippen molar-refractivity contribution in [2.24, 2.45) is 0 Å². The molecule has 4 nitrogen and oxygen atoms in total. The van der Waals surface area contributed by atoms with Crippen LogP contribution in [-0.2, 0) is 17.5 Å². The molecule has 130 valence electrons. The summed E-state index contributed by atoms with van der Waals surface area (Å²) < 4.78 is 49.0. The van der Waals surface area contributed by atoms with Gasteiger partial charge in [-0.25, -0.2) is 4.98 Å². The molecule has 8 heteroatoms. The number of rotatable bonds is 5. The average molecular weight is 357 g/mol. The van der Waals surface area contributed by atoms with Crippen molar-refractivity contribution in [3.05, 3.63) is 41.2 Å². The lowest BCUT2D eigenvalue weighted by molar-refractivity contribution is -0.138. The van der Waals surface area contributed by atoms with Crippen LogP contribution in [0.25, 0.3) is 0 Å². The van der Waals surface area contributed by atoms with Crippen LogP contribution in [0.2, 0.25) is 0 Å². The van der Waals surface area contributed by atoms with E-state index in [0.29, 0.717) is 23.1 Å². The first-order valence-electron chi connectivity index (χ1n) is 7.73. The second-order valence-electron chi connectivity index (χ2n) is 5.82. The number of hydrogen-bond acceptors (Lipinski definition) is 5. The van der Waals surface area contributed by atoms with Crippen molar-refractivity contribution in [3.63, 3.8) is 0 Å². The molecule has 0 radical (unpaired) electrons. The summed E-state index contributed by atoms with van der Waals surface area (Å²) in [4.78, 5) is 4.31. The van der Waals surface area contributed by atoms with Crippen LogP contribution in [0.4, 0.5) is 18.3 Å². The molecule has 24 heavy (non-hydrogen) atoms. The number of hydrogen-bond donors (Lipinski definition) is 1. The first-order chi connectivity index (χ1) is 11.5. The van der Waals surface area contributed by atoms with E-state index in [1.54, 1.807) is 19.2 Å². The van der Waals surface area contributed by atoms with Crippen LogP contribution in [0.1, 0.15) is 42.1 Å². The van der Waals surface area contributed by atoms with Gasteiger partial charge < -0.3 is 10.1 Å². The number of methoxy groups -OCH3 is 1. The van der Waals surface area contributed by atoms with Crippen molar-refractivity contribution < 1.29 is 17.9 Å². The Bertz CT molecular complexity index is 689. The van der Waals surface area contributed by atoms with Crippen LogP contribution in [0.5, 0.6) is 0 Å². The molecule has 0 saturated heterocycles. The van der Waals surface area contributed by atoms with Gasteiger partial charge >= 0.3 is 6.18 Å². The molecular formula is C16H18F3N3OS. The van der Waals surface area contributed by atoms with E-state index in [2.05, 4.69) is 14.7 Å². The minimum Gasteiger partial charge on any atom is -0.377 e. The molecular weight excluding hydrogens is 339 g/mol. The lowest BCUT2D eigenvalue weighted by atomic mass is 9.90. The topological polar surface area (TPSA) is 47.0 Å². The predicted octanol–water partition coefficient (Wildman–Crippen LogP) is 4.45. The van der Waals surface area contributed by atoms with Crippen molar-refractivity contribution in [2.45, 2.75) is 44.0 Å². The van der Waals surface area contributed by atoms with E-state index in [0.717, 1.165) is 25.3 Å². The maximum Gasteiger partial charge on any atom is 0.416 e. The SMILES string of the molecule is COCc1nsc(NC2CCCC2c2ccccc2C(F)(F)F)n1. The highest BCUT2D eigenvalue weighted by Gasteiger charge is 2.38. The fourth-order valence-corrected chi connectivity index (χ4v) is 3.88. The van der Waals surface area contributed by atoms with Crippen molar-refractivity contribution in [2.75, 3.05) is 12.4 Å². The first kappa shape index (κ1) is 17.2. The summed E-state index contributed by atoms with van der Waals surface area (Å²) in [6.07, 6.45) is -1.90. The molecule has 1 aliphatic carbocycles. The summed E-state index contributed by atoms with van der Waals surface area (Å²) in [6, 6.07) is 5.78. The minimum atomic E-state index is -4.34. The van der Waals surface area contributed by atoms with Gasteiger partial charge in [-0.05, 0) is 24.5 Å². The number of halogens is 3. The Hall–Kier alpha value is -1.67. The smallest absolute Gasteiger partial charge is 0.377 e. The largest absolute Gasteiger partial charge is 0.416 e. The van der Waals surface area contributed by atoms with Gasteiger partial charge in [-0.3, -0.25) is 0 Å². The average Bonchev–Trinajstić information content (AvgIpc) is 3.17. The van der Waals surface area contributed by atoms with Gasteiger partial charge in [-0.15, -0.1) is 0 Å². The monoisotopic (exact) mass is 357 g/mol. The predicted molar refractivity (Wildman–Crippen MR) is 86.1 cm³/mol. The van der Waals surface area contributed by atoms with E-state index in [-0.39, 0.29) is 12.0 Å². The van der Waals surface area contributed by atoms with Crippen LogP contribution in [0.3, 0.4) is 0 Å². The maximum atomic E-state index is 13.3. The third kappa shape index (κ3) is 3.70. The second kappa shape index (κ2) is 7.06. The fraction of sp³-hybridized carbons (Fsp3) is 0.500. The fourth-order valence-electron chi connectivity index (χ4n) is 3.24. The molecule has 0 amide bonds. The molecule has 1 N–H and O–H groups in total. The Kier molecular flexibility index (Phi) is 5.05. The zero-order chi connectivity index (χ0) is 17.2. The number of benzene rings is 1. The van der Waals surface area contributed by atoms with E-state index in [9.17, 15) is 13.2 Å². The molecule has 0 aliphatic heterocycles. The van der Waals surface area contributed by atoms with Crippen LogP contribution in [0.15, 0.2) is 24.3 Å². The minimum absolute atomic E-state index is 0.0724. The summed E-state index contributed by atoms with van der Waals surface area (Å²) in [7, 11) is 1.56. The summed E-state index contributed by atoms with van der Waals surface area (Å²) >= 11 is 1.21.